The van der Waals surface area contributed by atoms with E-state index in [1.807, 2.05) is 7.05 Å². The monoisotopic (exact) mass is 222 g/mol. The average molecular weight is 222 g/mol. The molecule has 2 rings (SSSR count). The van der Waals surface area contributed by atoms with Crippen molar-refractivity contribution in [3.05, 3.63) is 33.8 Å². The van der Waals surface area contributed by atoms with Gasteiger partial charge in [-0.15, -0.1) is 11.3 Å². The van der Waals surface area contributed by atoms with Gasteiger partial charge in [-0.3, -0.25) is 9.78 Å². The molecule has 0 unspecified atom stereocenters. The first-order chi connectivity index (χ1) is 7.29. The third kappa shape index (κ3) is 2.28. The molecule has 6 heteroatoms. The molecule has 2 aromatic heterocycles. The van der Waals surface area contributed by atoms with Gasteiger partial charge < -0.3 is 10.3 Å². The number of nitrogens with zero attached hydrogens (tertiary/aromatic N) is 2. The van der Waals surface area contributed by atoms with Crippen molar-refractivity contribution in [2.75, 3.05) is 7.05 Å². The van der Waals surface area contributed by atoms with E-state index in [9.17, 15) is 4.79 Å². The summed E-state index contributed by atoms with van der Waals surface area (Å²) in [5.74, 6) is 0.579. The van der Waals surface area contributed by atoms with Gasteiger partial charge in [-0.2, -0.15) is 0 Å². The van der Waals surface area contributed by atoms with E-state index in [0.717, 1.165) is 10.6 Å². The molecule has 0 fully saturated rings. The minimum atomic E-state index is -0.140. The van der Waals surface area contributed by atoms with E-state index < -0.39 is 0 Å². The average Bonchev–Trinajstić information content (AvgIpc) is 2.70. The van der Waals surface area contributed by atoms with Crippen LogP contribution in [-0.2, 0) is 6.54 Å². The largest absolute Gasteiger partial charge is 0.314 e. The highest BCUT2D eigenvalue weighted by molar-refractivity contribution is 7.13. The van der Waals surface area contributed by atoms with Crippen LogP contribution < -0.4 is 10.9 Å². The molecule has 0 aromatic carbocycles. The Balaban J connectivity index is 2.44. The molecule has 0 saturated heterocycles. The number of hydrogen-bond donors (Lipinski definition) is 2. The standard InChI is InChI=1S/C9H10N4OS/c1-10-3-6-2-8(14)13-9(12-6)7-4-11-5-15-7/h2,4-5,10H,3H2,1H3,(H,12,13,14). The third-order valence-corrected chi connectivity index (χ3v) is 2.60. The third-order valence-electron chi connectivity index (χ3n) is 1.82. The van der Waals surface area contributed by atoms with Gasteiger partial charge in [-0.05, 0) is 7.05 Å². The van der Waals surface area contributed by atoms with Crippen LogP contribution in [0.2, 0.25) is 0 Å². The van der Waals surface area contributed by atoms with E-state index in [4.69, 9.17) is 0 Å². The van der Waals surface area contributed by atoms with E-state index in [1.165, 1.54) is 17.4 Å². The molecule has 0 bridgehead atoms. The maximum Gasteiger partial charge on any atom is 0.251 e. The van der Waals surface area contributed by atoms with E-state index >= 15 is 0 Å². The lowest BCUT2D eigenvalue weighted by Gasteiger charge is -2.01. The fourth-order valence-electron chi connectivity index (χ4n) is 1.23. The molecule has 5 nitrogen and oxygen atoms in total. The van der Waals surface area contributed by atoms with Gasteiger partial charge in [0.05, 0.1) is 16.1 Å². The van der Waals surface area contributed by atoms with Crippen molar-refractivity contribution >= 4 is 11.3 Å². The van der Waals surface area contributed by atoms with Gasteiger partial charge >= 0.3 is 0 Å². The zero-order valence-corrected chi connectivity index (χ0v) is 8.97. The Morgan fingerprint density at radius 1 is 1.60 bits per heavy atom. The number of rotatable bonds is 3. The molecule has 15 heavy (non-hydrogen) atoms. The Kier molecular flexibility index (Phi) is 2.89. The van der Waals surface area contributed by atoms with Crippen molar-refractivity contribution in [1.82, 2.24) is 20.3 Å². The summed E-state index contributed by atoms with van der Waals surface area (Å²) in [5, 5.41) is 2.96. The molecule has 78 valence electrons. The van der Waals surface area contributed by atoms with Gasteiger partial charge in [0.15, 0.2) is 5.82 Å². The minimum Gasteiger partial charge on any atom is -0.314 e. The summed E-state index contributed by atoms with van der Waals surface area (Å²) < 4.78 is 0. The van der Waals surface area contributed by atoms with Gasteiger partial charge in [-0.1, -0.05) is 0 Å². The first-order valence-corrected chi connectivity index (χ1v) is 5.31. The van der Waals surface area contributed by atoms with Crippen LogP contribution in [0.3, 0.4) is 0 Å². The van der Waals surface area contributed by atoms with Crippen molar-refractivity contribution in [3.8, 4) is 10.7 Å². The van der Waals surface area contributed by atoms with Crippen molar-refractivity contribution in [3.63, 3.8) is 0 Å². The lowest BCUT2D eigenvalue weighted by molar-refractivity contribution is 0.785. The fourth-order valence-corrected chi connectivity index (χ4v) is 1.79. The second-order valence-corrected chi connectivity index (χ2v) is 3.87. The van der Waals surface area contributed by atoms with Crippen LogP contribution in [-0.4, -0.2) is 22.0 Å². The van der Waals surface area contributed by atoms with Gasteiger partial charge in [-0.25, -0.2) is 4.98 Å². The summed E-state index contributed by atoms with van der Waals surface area (Å²) in [5.41, 5.74) is 2.29. The molecular weight excluding hydrogens is 212 g/mol. The zero-order chi connectivity index (χ0) is 10.7. The van der Waals surface area contributed by atoms with Crippen LogP contribution in [0.15, 0.2) is 22.6 Å². The number of aromatic nitrogens is 3. The maximum absolute atomic E-state index is 11.3. The zero-order valence-electron chi connectivity index (χ0n) is 8.15. The van der Waals surface area contributed by atoms with Crippen LogP contribution in [0.1, 0.15) is 5.69 Å². The molecule has 2 aromatic rings. The Morgan fingerprint density at radius 3 is 3.13 bits per heavy atom. The summed E-state index contributed by atoms with van der Waals surface area (Å²) in [6, 6.07) is 1.49. The molecular formula is C9H10N4OS. The summed E-state index contributed by atoms with van der Waals surface area (Å²) in [4.78, 5) is 23.2. The fraction of sp³-hybridized carbons (Fsp3) is 0.222. The Hall–Kier alpha value is -1.53. The molecule has 0 aliphatic rings. The quantitative estimate of drug-likeness (QED) is 0.798. The smallest absolute Gasteiger partial charge is 0.251 e. The Labute approximate surface area is 90.2 Å². The molecule has 0 aliphatic carbocycles. The van der Waals surface area contributed by atoms with Gasteiger partial charge in [0.25, 0.3) is 5.56 Å². The lowest BCUT2D eigenvalue weighted by atomic mass is 10.4. The second-order valence-electron chi connectivity index (χ2n) is 2.98. The molecule has 0 atom stereocenters. The summed E-state index contributed by atoms with van der Waals surface area (Å²) in [6.45, 7) is 0.579. The maximum atomic E-state index is 11.3. The number of H-pyrrole nitrogens is 1. The summed E-state index contributed by atoms with van der Waals surface area (Å²) >= 11 is 1.45. The molecule has 0 amide bonds. The highest BCUT2D eigenvalue weighted by Gasteiger charge is 2.04. The van der Waals surface area contributed by atoms with E-state index in [2.05, 4.69) is 20.3 Å². The van der Waals surface area contributed by atoms with Crippen LogP contribution in [0.25, 0.3) is 10.7 Å². The lowest BCUT2D eigenvalue weighted by Crippen LogP contribution is -2.14. The minimum absolute atomic E-state index is 0.140. The van der Waals surface area contributed by atoms with Crippen molar-refractivity contribution in [2.45, 2.75) is 6.54 Å². The predicted molar refractivity (Wildman–Crippen MR) is 58.7 cm³/mol. The SMILES string of the molecule is CNCc1cc(=O)[nH]c(-c2cncs2)n1. The van der Waals surface area contributed by atoms with E-state index in [-0.39, 0.29) is 5.56 Å². The number of hydrogen-bond acceptors (Lipinski definition) is 5. The van der Waals surface area contributed by atoms with Crippen LogP contribution in [0, 0.1) is 0 Å². The highest BCUT2D eigenvalue weighted by Crippen LogP contribution is 2.17. The van der Waals surface area contributed by atoms with Gasteiger partial charge in [0.2, 0.25) is 0 Å². The molecule has 0 radical (unpaired) electrons. The number of thiazole rings is 1. The first-order valence-electron chi connectivity index (χ1n) is 4.43. The molecule has 0 spiro atoms. The number of nitrogens with one attached hydrogen (secondary N) is 2. The normalized spacial score (nSPS) is 10.5. The Morgan fingerprint density at radius 2 is 2.47 bits per heavy atom. The Bertz CT molecular complexity index is 491. The molecule has 0 aliphatic heterocycles. The molecule has 2 N–H and O–H groups in total. The predicted octanol–water partition coefficient (Wildman–Crippen LogP) is 0.613. The van der Waals surface area contributed by atoms with Crippen molar-refractivity contribution in [1.29, 1.82) is 0 Å². The molecule has 0 saturated carbocycles. The van der Waals surface area contributed by atoms with E-state index in [0.29, 0.717) is 12.4 Å². The van der Waals surface area contributed by atoms with Crippen LogP contribution in [0.4, 0.5) is 0 Å². The van der Waals surface area contributed by atoms with Crippen molar-refractivity contribution < 1.29 is 0 Å². The van der Waals surface area contributed by atoms with Gasteiger partial charge in [0.1, 0.15) is 0 Å². The van der Waals surface area contributed by atoms with Crippen LogP contribution >= 0.6 is 11.3 Å². The topological polar surface area (TPSA) is 70.7 Å². The summed E-state index contributed by atoms with van der Waals surface area (Å²) in [6.07, 6.45) is 1.69. The first kappa shape index (κ1) is 10.0. The van der Waals surface area contributed by atoms with Gasteiger partial charge in [0, 0.05) is 18.8 Å². The second kappa shape index (κ2) is 4.33. The van der Waals surface area contributed by atoms with E-state index in [1.54, 1.807) is 11.7 Å². The summed E-state index contributed by atoms with van der Waals surface area (Å²) in [7, 11) is 1.81. The highest BCUT2D eigenvalue weighted by atomic mass is 32.1. The van der Waals surface area contributed by atoms with Crippen molar-refractivity contribution in [2.24, 2.45) is 0 Å². The number of aromatic amines is 1. The van der Waals surface area contributed by atoms with Crippen LogP contribution in [0.5, 0.6) is 0 Å². The molecule has 2 heterocycles.